The van der Waals surface area contributed by atoms with E-state index in [1.54, 1.807) is 0 Å². The van der Waals surface area contributed by atoms with Gasteiger partial charge in [0.25, 0.3) is 0 Å². The van der Waals surface area contributed by atoms with Crippen LogP contribution < -0.4 is 0 Å². The van der Waals surface area contributed by atoms with Gasteiger partial charge in [-0.05, 0) is 11.0 Å². The molecular formula is CH14CaMgSSi. The summed E-state index contributed by atoms with van der Waals surface area (Å²) in [6.07, 6.45) is 0. The maximum Gasteiger partial charge on any atom is 2.00 e. The summed E-state index contributed by atoms with van der Waals surface area (Å²) in [5.41, 5.74) is 0. The van der Waals surface area contributed by atoms with E-state index in [0.29, 0.717) is 0 Å². The van der Waals surface area contributed by atoms with E-state index >= 15 is 0 Å². The Balaban J connectivity index is 0. The minimum Gasteiger partial charge on any atom is -1.00 e. The van der Waals surface area contributed by atoms with Crippen molar-refractivity contribution in [3.63, 3.8) is 0 Å². The molecule has 0 heterocycles. The molecule has 0 radical (unpaired) electrons. The van der Waals surface area contributed by atoms with E-state index in [4.69, 9.17) is 0 Å². The van der Waals surface area contributed by atoms with Gasteiger partial charge < -0.3 is 5.71 Å². The molecule has 0 atom stereocenters. The van der Waals surface area contributed by atoms with Crippen molar-refractivity contribution < 1.29 is 5.71 Å². The molecule has 0 saturated heterocycles. The second-order valence-corrected chi connectivity index (χ2v) is 0. The maximum atomic E-state index is 0. The van der Waals surface area contributed by atoms with Crippen molar-refractivity contribution in [2.24, 2.45) is 0 Å². The first-order valence-corrected chi connectivity index (χ1v) is 0. The first-order chi connectivity index (χ1) is 0. The van der Waals surface area contributed by atoms with E-state index in [-0.39, 0.29) is 98.4 Å². The van der Waals surface area contributed by atoms with Crippen LogP contribution in [0.2, 0.25) is 0 Å². The predicted octanol–water partition coefficient (Wildman–Crippen LogP) is -1.01. The van der Waals surface area contributed by atoms with Gasteiger partial charge in [0.05, 0.1) is 0 Å². The zero-order valence-corrected chi connectivity index (χ0v) is 6.54. The molecule has 0 aromatic heterocycles. The monoisotopic (exact) mass is 150 g/mol. The number of hydrogen-bond donors (Lipinski definition) is 0. The van der Waals surface area contributed by atoms with Crippen molar-refractivity contribution in [3.8, 4) is 0 Å². The molecule has 0 rings (SSSR count). The fourth-order valence-corrected chi connectivity index (χ4v) is 0. The smallest absolute Gasteiger partial charge is 1.00 e. The molecular weight excluding hydrogens is 137 g/mol. The molecule has 0 N–H and O–H groups in total. The molecule has 0 aliphatic rings. The average molecular weight is 151 g/mol. The molecule has 0 aliphatic heterocycles. The molecule has 4 heteroatoms. The summed E-state index contributed by atoms with van der Waals surface area (Å²) in [6.45, 7) is 0. The Hall–Kier alpha value is 2.59. The minimum absolute atomic E-state index is 0. The minimum atomic E-state index is 0. The van der Waals surface area contributed by atoms with E-state index in [9.17, 15) is 0 Å². The molecule has 0 fully saturated rings. The van der Waals surface area contributed by atoms with Gasteiger partial charge in [-0.25, -0.2) is 0 Å². The Morgan fingerprint density at radius 1 is 1.20 bits per heavy atom. The second kappa shape index (κ2) is 30.7. The summed E-state index contributed by atoms with van der Waals surface area (Å²) >= 11 is 0. The normalized spacial score (nSPS) is 0. The molecule has 0 saturated carbocycles. The van der Waals surface area contributed by atoms with E-state index < -0.39 is 0 Å². The molecule has 32 valence electrons. The third-order valence-electron chi connectivity index (χ3n) is 0. The topological polar surface area (TPSA) is 0 Å². The van der Waals surface area contributed by atoms with Crippen molar-refractivity contribution in [3.05, 3.63) is 0 Å². The Morgan fingerprint density at radius 3 is 1.20 bits per heavy atom. The van der Waals surface area contributed by atoms with Crippen LogP contribution in [0.5, 0.6) is 0 Å². The Bertz CT molecular complexity index is 20.5. The van der Waals surface area contributed by atoms with Crippen LogP contribution in [0.3, 0.4) is 0 Å². The van der Waals surface area contributed by atoms with Crippen molar-refractivity contribution in [2.45, 2.75) is 7.43 Å². The molecule has 0 amide bonds. The van der Waals surface area contributed by atoms with E-state index in [2.05, 4.69) is 0 Å². The van der Waals surface area contributed by atoms with Gasteiger partial charge in [-0.2, -0.15) is 13.5 Å². The van der Waals surface area contributed by atoms with Crippen LogP contribution in [0.15, 0.2) is 0 Å². The van der Waals surface area contributed by atoms with Crippen LogP contribution in [-0.4, -0.2) is 71.8 Å². The molecule has 0 unspecified atom stereocenters. The van der Waals surface area contributed by atoms with Crippen LogP contribution >= 0.6 is 13.5 Å². The van der Waals surface area contributed by atoms with Crippen molar-refractivity contribution >= 4 is 85.3 Å². The van der Waals surface area contributed by atoms with E-state index in [1.165, 1.54) is 0 Å². The SMILES string of the molecule is C.S.[Ca+2].[H-].[H-].[H-].[H-].[Mg+2].[SiH4]. The van der Waals surface area contributed by atoms with Crippen LogP contribution in [-0.2, 0) is 0 Å². The largest absolute Gasteiger partial charge is 2.00 e. The fourth-order valence-electron chi connectivity index (χ4n) is 0. The Kier molecular flexibility index (Phi) is 301. The van der Waals surface area contributed by atoms with E-state index in [0.717, 1.165) is 0 Å². The van der Waals surface area contributed by atoms with Crippen LogP contribution in [0.4, 0.5) is 0 Å². The standard InChI is InChI=1S/CH4.Ca.Mg.H2S.H4Si.4H/h1H4;;;1H2;1H4;;;;/q;2*+2;;;4*-1. The summed E-state index contributed by atoms with van der Waals surface area (Å²) in [6, 6.07) is 0. The number of hydrogen-bond acceptors (Lipinski definition) is 0. The molecule has 0 bridgehead atoms. The first-order valence-electron chi connectivity index (χ1n) is 0. The Labute approximate surface area is 97.0 Å². The quantitative estimate of drug-likeness (QED) is 0.388. The van der Waals surface area contributed by atoms with Gasteiger partial charge in [0.1, 0.15) is 0 Å². The van der Waals surface area contributed by atoms with Gasteiger partial charge in [0.2, 0.25) is 0 Å². The summed E-state index contributed by atoms with van der Waals surface area (Å²) in [7, 11) is 0. The predicted molar refractivity (Wildman–Crippen MR) is 44.4 cm³/mol. The maximum absolute atomic E-state index is 0. The van der Waals surface area contributed by atoms with Crippen molar-refractivity contribution in [2.75, 3.05) is 0 Å². The van der Waals surface area contributed by atoms with Gasteiger partial charge in [-0.3, -0.25) is 0 Å². The van der Waals surface area contributed by atoms with Gasteiger partial charge >= 0.3 is 60.8 Å². The average Bonchev–Trinajstić information content (AvgIpc) is 0. The third kappa shape index (κ3) is 20.7. The summed E-state index contributed by atoms with van der Waals surface area (Å²) < 4.78 is 0. The number of rotatable bonds is 0. The molecule has 5 heavy (non-hydrogen) atoms. The van der Waals surface area contributed by atoms with Gasteiger partial charge in [0, 0.05) is 0 Å². The van der Waals surface area contributed by atoms with E-state index in [1.807, 2.05) is 0 Å². The van der Waals surface area contributed by atoms with Crippen LogP contribution in [0, 0.1) is 0 Å². The third-order valence-corrected chi connectivity index (χ3v) is 0. The van der Waals surface area contributed by atoms with Gasteiger partial charge in [0.15, 0.2) is 0 Å². The van der Waals surface area contributed by atoms with Crippen molar-refractivity contribution in [1.29, 1.82) is 0 Å². The summed E-state index contributed by atoms with van der Waals surface area (Å²) in [5.74, 6) is 0. The van der Waals surface area contributed by atoms with Gasteiger partial charge in [-0.1, -0.05) is 7.43 Å². The second-order valence-electron chi connectivity index (χ2n) is 0. The van der Waals surface area contributed by atoms with Crippen LogP contribution in [0.25, 0.3) is 0 Å². The summed E-state index contributed by atoms with van der Waals surface area (Å²) in [5, 5.41) is 0. The molecule has 0 aromatic carbocycles. The molecule has 0 spiro atoms. The fraction of sp³-hybridized carbons (Fsp3) is 1.00. The van der Waals surface area contributed by atoms with Gasteiger partial charge in [-0.15, -0.1) is 0 Å². The zero-order chi connectivity index (χ0) is 0. The molecule has 0 nitrogen and oxygen atoms in total. The van der Waals surface area contributed by atoms with Crippen LogP contribution in [0.1, 0.15) is 13.1 Å². The molecule has 0 aromatic rings. The van der Waals surface area contributed by atoms with Crippen molar-refractivity contribution in [1.82, 2.24) is 0 Å². The summed E-state index contributed by atoms with van der Waals surface area (Å²) in [4.78, 5) is 0. The molecule has 0 aliphatic carbocycles. The first kappa shape index (κ1) is 49.1. The zero-order valence-electron chi connectivity index (χ0n) is 5.91. The Morgan fingerprint density at radius 2 is 1.20 bits per heavy atom.